The minimum absolute atomic E-state index is 0.102. The standard InChI is InChI=1S/C12H21NO2.C6H13NO2.C5H11NO2.C5H10O3.2C3H7NO3S.C3H9N.C2H6O.C2H4/c1-12(2,3)13(4)8-7-9-10(14)5-6-11(9)15;1-3-7(2)5-4-6(8)9;1-3-6(2)4-5(7)8;1-2-6-5-7-3-4-8-5;2*1-2-6-3(5)7-4-8;1-3-4-2;1-2-3;1-2/h9H,5-8H2,1-4H3;3-5H2,1-2H3,(H,8,9);3-4H2,1-2H3,(H,7,8);5H,2-4H2,1H3;2*4,8H,2H2,1H3;4H,3H2,1-2H3;3H,2H2,1H3;1-2H2. The number of nitrogens with one attached hydrogen (secondary N) is 3. The first kappa shape index (κ1) is 76.1. The Labute approximate surface area is 400 Å². The van der Waals surface area contributed by atoms with Gasteiger partial charge in [0.1, 0.15) is 11.6 Å². The van der Waals surface area contributed by atoms with Gasteiger partial charge in [-0.3, -0.25) is 24.1 Å². The highest BCUT2D eigenvalue weighted by molar-refractivity contribution is 7.78. The molecule has 0 aromatic rings. The van der Waals surface area contributed by atoms with Crippen molar-refractivity contribution in [3.63, 3.8) is 0 Å². The van der Waals surface area contributed by atoms with Crippen molar-refractivity contribution in [1.82, 2.24) is 29.8 Å². The SMILES string of the molecule is C=C.CCN(C)CC(=O)O.CCN(C)CCC(=O)O.CCNC.CCO.CCOC(=O)ONS.CCOC(=O)ONS.CCOC1OCCO1.CN(CCC1C(=O)CCC1=O)C(C)(C)C. The Morgan fingerprint density at radius 3 is 1.42 bits per heavy atom. The van der Waals surface area contributed by atoms with Crippen molar-refractivity contribution in [1.29, 1.82) is 0 Å². The number of Topliss-reactive ketones (excluding diaryl/α,β-unsaturated/α-hetero) is 2. The van der Waals surface area contributed by atoms with Gasteiger partial charge < -0.3 is 63.8 Å². The second kappa shape index (κ2) is 57.0. The highest BCUT2D eigenvalue weighted by Crippen LogP contribution is 2.22. The number of carboxylic acid groups (broad SMARTS) is 2. The van der Waals surface area contributed by atoms with E-state index >= 15 is 0 Å². The molecule has 0 atom stereocenters. The Bertz CT molecular complexity index is 1070. The predicted molar refractivity (Wildman–Crippen MR) is 257 cm³/mol. The molecule has 1 aliphatic heterocycles. The molecule has 0 radical (unpaired) electrons. The number of ether oxygens (including phenoxy) is 5. The maximum atomic E-state index is 11.4. The monoisotopic (exact) mass is 985 g/mol. The first-order chi connectivity index (χ1) is 30.5. The fourth-order valence-corrected chi connectivity index (χ4v) is 3.63. The number of nitrogens with zero attached hydrogens (tertiary/aromatic N) is 3. The summed E-state index contributed by atoms with van der Waals surface area (Å²) in [4.78, 5) is 80.6. The van der Waals surface area contributed by atoms with Crippen LogP contribution < -0.4 is 15.1 Å². The minimum atomic E-state index is -0.775. The van der Waals surface area contributed by atoms with Gasteiger partial charge in [-0.05, 0) is 109 Å². The highest BCUT2D eigenvalue weighted by Gasteiger charge is 2.33. The third-order valence-electron chi connectivity index (χ3n) is 7.52. The number of ketones is 2. The topological polar surface area (TPSA) is 274 Å². The van der Waals surface area contributed by atoms with E-state index in [4.69, 9.17) is 29.5 Å². The Morgan fingerprint density at radius 1 is 0.754 bits per heavy atom. The van der Waals surface area contributed by atoms with E-state index in [1.54, 1.807) is 32.7 Å². The lowest BCUT2D eigenvalue weighted by Crippen LogP contribution is -2.39. The third kappa shape index (κ3) is 65.2. The van der Waals surface area contributed by atoms with Gasteiger partial charge in [0.15, 0.2) is 0 Å². The van der Waals surface area contributed by atoms with Gasteiger partial charge in [-0.25, -0.2) is 9.59 Å². The molecule has 1 saturated carbocycles. The lowest BCUT2D eigenvalue weighted by Gasteiger charge is -2.32. The zero-order valence-corrected chi connectivity index (χ0v) is 43.6. The molecular weight excluding hydrogens is 897 g/mol. The molecule has 0 bridgehead atoms. The van der Waals surface area contributed by atoms with Crippen molar-refractivity contribution < 1.29 is 77.4 Å². The van der Waals surface area contributed by atoms with Gasteiger partial charge in [0.2, 0.25) is 0 Å². The number of aliphatic hydroxyl groups is 1. The third-order valence-corrected chi connectivity index (χ3v) is 7.70. The Hall–Kier alpha value is -3.14. The van der Waals surface area contributed by atoms with Gasteiger partial charge in [0.25, 0.3) is 6.48 Å². The first-order valence-electron chi connectivity index (χ1n) is 21.2. The zero-order chi connectivity index (χ0) is 52.2. The van der Waals surface area contributed by atoms with Gasteiger partial charge >= 0.3 is 24.2 Å². The van der Waals surface area contributed by atoms with Crippen molar-refractivity contribution >= 4 is 61.4 Å². The molecule has 6 N–H and O–H groups in total. The average molecular weight is 985 g/mol. The summed E-state index contributed by atoms with van der Waals surface area (Å²) in [5.41, 5.74) is 0.102. The molecule has 1 aliphatic carbocycles. The molecule has 0 aromatic carbocycles. The molecular formula is C41H88N6O16S2. The average Bonchev–Trinajstić information content (AvgIpc) is 3.89. The number of carbonyl (C=O) groups excluding carboxylic acids is 4. The summed E-state index contributed by atoms with van der Waals surface area (Å²) in [6.07, 6.45) is 0.298. The summed E-state index contributed by atoms with van der Waals surface area (Å²) in [5, 5.41) is 26.9. The number of carboxylic acids is 2. The molecule has 24 heteroatoms. The van der Waals surface area contributed by atoms with Crippen LogP contribution in [0.5, 0.6) is 0 Å². The second-order valence-corrected chi connectivity index (χ2v) is 13.8. The van der Waals surface area contributed by atoms with E-state index in [9.17, 15) is 28.8 Å². The molecule has 1 heterocycles. The number of aliphatic carboxylic acids is 2. The van der Waals surface area contributed by atoms with E-state index in [1.807, 2.05) is 56.6 Å². The van der Waals surface area contributed by atoms with Crippen LogP contribution in [0.2, 0.25) is 0 Å². The second-order valence-electron chi connectivity index (χ2n) is 13.4. The van der Waals surface area contributed by atoms with Crippen LogP contribution in [-0.2, 0) is 52.5 Å². The minimum Gasteiger partial charge on any atom is -0.481 e. The molecule has 2 aliphatic rings. The van der Waals surface area contributed by atoms with E-state index in [1.165, 1.54) is 0 Å². The number of aliphatic hydroxyl groups excluding tert-OH is 1. The zero-order valence-electron chi connectivity index (χ0n) is 41.8. The van der Waals surface area contributed by atoms with Crippen LogP contribution in [0.15, 0.2) is 13.2 Å². The Balaban J connectivity index is -0.000000122. The van der Waals surface area contributed by atoms with Gasteiger partial charge in [0.05, 0.1) is 45.3 Å². The predicted octanol–water partition coefficient (Wildman–Crippen LogP) is 4.49. The van der Waals surface area contributed by atoms with Crippen molar-refractivity contribution in [3.8, 4) is 0 Å². The lowest BCUT2D eigenvalue weighted by molar-refractivity contribution is -0.227. The summed E-state index contributed by atoms with van der Waals surface area (Å²) in [6, 6.07) is 0. The Kier molecular flexibility index (Phi) is 66.7. The van der Waals surface area contributed by atoms with Crippen LogP contribution in [0.4, 0.5) is 9.59 Å². The summed E-state index contributed by atoms with van der Waals surface area (Å²) in [5.74, 6) is -1.52. The lowest BCUT2D eigenvalue weighted by atomic mass is 10.00. The summed E-state index contributed by atoms with van der Waals surface area (Å²) in [6.45, 7) is 32.1. The van der Waals surface area contributed by atoms with Gasteiger partial charge in [-0.15, -0.1) is 13.2 Å². The van der Waals surface area contributed by atoms with Crippen LogP contribution >= 0.6 is 25.6 Å². The fourth-order valence-electron chi connectivity index (χ4n) is 3.48. The van der Waals surface area contributed by atoms with Crippen molar-refractivity contribution in [3.05, 3.63) is 13.2 Å². The van der Waals surface area contributed by atoms with Crippen LogP contribution in [0.1, 0.15) is 94.9 Å². The molecule has 390 valence electrons. The molecule has 22 nitrogen and oxygen atoms in total. The van der Waals surface area contributed by atoms with E-state index in [-0.39, 0.29) is 49.1 Å². The molecule has 2 rings (SSSR count). The maximum Gasteiger partial charge on any atom is 0.528 e. The van der Waals surface area contributed by atoms with Crippen LogP contribution in [0.25, 0.3) is 0 Å². The number of rotatable bonds is 17. The largest absolute Gasteiger partial charge is 0.528 e. The molecule has 0 unspecified atom stereocenters. The number of likely N-dealkylation sites (N-methyl/N-ethyl adjacent to an activating group) is 1. The molecule has 65 heavy (non-hydrogen) atoms. The molecule has 2 fully saturated rings. The van der Waals surface area contributed by atoms with Crippen molar-refractivity contribution in [2.24, 2.45) is 5.92 Å². The van der Waals surface area contributed by atoms with Gasteiger partial charge in [0, 0.05) is 38.1 Å². The number of hydrogen-bond donors (Lipinski definition) is 8. The summed E-state index contributed by atoms with van der Waals surface area (Å²) < 4.78 is 23.5. The quantitative estimate of drug-likeness (QED) is 0.0328. The fraction of sp³-hybridized carbons (Fsp3) is 0.805. The van der Waals surface area contributed by atoms with Crippen LogP contribution in [0.3, 0.4) is 0 Å². The maximum absolute atomic E-state index is 11.4. The Morgan fingerprint density at radius 2 is 1.15 bits per heavy atom. The summed E-state index contributed by atoms with van der Waals surface area (Å²) in [7, 11) is 7.64. The van der Waals surface area contributed by atoms with E-state index in [2.05, 4.69) is 95.8 Å². The molecule has 1 saturated heterocycles. The normalized spacial score (nSPS) is 12.6. The highest BCUT2D eigenvalue weighted by atomic mass is 32.1. The molecule has 0 spiro atoms. The number of hydrogen-bond acceptors (Lipinski definition) is 22. The van der Waals surface area contributed by atoms with Crippen LogP contribution in [0, 0.1) is 5.92 Å². The first-order valence-corrected chi connectivity index (χ1v) is 22.1. The van der Waals surface area contributed by atoms with Crippen LogP contribution in [-0.4, -0.2) is 185 Å². The molecule has 0 amide bonds. The van der Waals surface area contributed by atoms with Gasteiger partial charge in [-0.1, -0.05) is 56.2 Å². The number of carbonyl (C=O) groups is 6. The number of thiol groups is 2. The van der Waals surface area contributed by atoms with Crippen molar-refractivity contribution in [2.45, 2.75) is 107 Å². The van der Waals surface area contributed by atoms with E-state index < -0.39 is 24.2 Å². The molecule has 0 aromatic heterocycles. The smallest absolute Gasteiger partial charge is 0.481 e. The van der Waals surface area contributed by atoms with Gasteiger partial charge in [-0.2, -0.15) is 0 Å². The van der Waals surface area contributed by atoms with Crippen molar-refractivity contribution in [2.75, 3.05) is 107 Å². The van der Waals surface area contributed by atoms with E-state index in [0.717, 1.165) is 26.2 Å². The van der Waals surface area contributed by atoms with E-state index in [0.29, 0.717) is 58.8 Å². The summed E-state index contributed by atoms with van der Waals surface area (Å²) >= 11 is 6.76.